The lowest BCUT2D eigenvalue weighted by Gasteiger charge is -2.26. The molecule has 1 aliphatic rings. The van der Waals surface area contributed by atoms with E-state index in [2.05, 4.69) is 5.32 Å². The maximum Gasteiger partial charge on any atom is 0.253 e. The van der Waals surface area contributed by atoms with Crippen molar-refractivity contribution in [2.45, 2.75) is 6.54 Å². The third kappa shape index (κ3) is 5.74. The highest BCUT2D eigenvalue weighted by Crippen LogP contribution is 2.18. The number of hydrogen-bond donors (Lipinski definition) is 1. The van der Waals surface area contributed by atoms with Crippen LogP contribution in [0, 0.1) is 0 Å². The van der Waals surface area contributed by atoms with E-state index in [1.165, 1.54) is 0 Å². The van der Waals surface area contributed by atoms with Crippen LogP contribution in [0.1, 0.15) is 15.9 Å². The number of nitrogens with zero attached hydrogens (tertiary/aromatic N) is 2. The lowest BCUT2D eigenvalue weighted by atomic mass is 10.1. The molecule has 2 aromatic rings. The molecule has 2 aromatic carbocycles. The molecular formula is C21H24ClN3O2S. The predicted molar refractivity (Wildman–Crippen MR) is 116 cm³/mol. The Balaban J connectivity index is 1.56. The number of thioether (sulfide) groups is 1. The Labute approximate surface area is 175 Å². The molecule has 0 radical (unpaired) electrons. The molecule has 28 heavy (non-hydrogen) atoms. The van der Waals surface area contributed by atoms with Gasteiger partial charge in [-0.25, -0.2) is 0 Å². The van der Waals surface area contributed by atoms with E-state index in [4.69, 9.17) is 11.6 Å². The Hall–Kier alpha value is -2.02. The SMILES string of the molecule is CN(CC(=O)Nc1cccc(C(=O)N2CCSCC2)c1)Cc1ccccc1Cl. The first kappa shape index (κ1) is 20.7. The van der Waals surface area contributed by atoms with Gasteiger partial charge >= 0.3 is 0 Å². The van der Waals surface area contributed by atoms with Crippen LogP contribution in [-0.4, -0.2) is 59.8 Å². The van der Waals surface area contributed by atoms with Crippen molar-refractivity contribution in [1.82, 2.24) is 9.80 Å². The summed E-state index contributed by atoms with van der Waals surface area (Å²) in [4.78, 5) is 28.8. The standard InChI is InChI=1S/C21H24ClN3O2S/c1-24(14-17-5-2-3-8-19(17)22)15-20(26)23-18-7-4-6-16(13-18)21(27)25-9-11-28-12-10-25/h2-8,13H,9-12,14-15H2,1H3,(H,23,26). The van der Waals surface area contributed by atoms with Crippen molar-refractivity contribution in [3.63, 3.8) is 0 Å². The fourth-order valence-electron chi connectivity index (χ4n) is 3.10. The molecule has 0 unspecified atom stereocenters. The van der Waals surface area contributed by atoms with E-state index in [0.29, 0.717) is 22.8 Å². The van der Waals surface area contributed by atoms with E-state index < -0.39 is 0 Å². The summed E-state index contributed by atoms with van der Waals surface area (Å²) in [6, 6.07) is 14.7. The van der Waals surface area contributed by atoms with E-state index in [9.17, 15) is 9.59 Å². The van der Waals surface area contributed by atoms with Gasteiger partial charge in [-0.3, -0.25) is 14.5 Å². The summed E-state index contributed by atoms with van der Waals surface area (Å²) in [6.07, 6.45) is 0. The molecule has 0 saturated carbocycles. The molecule has 1 N–H and O–H groups in total. The number of hydrogen-bond acceptors (Lipinski definition) is 4. The number of anilines is 1. The number of benzene rings is 2. The minimum absolute atomic E-state index is 0.0206. The van der Waals surface area contributed by atoms with Gasteiger partial charge in [-0.2, -0.15) is 11.8 Å². The highest BCUT2D eigenvalue weighted by molar-refractivity contribution is 7.99. The summed E-state index contributed by atoms with van der Waals surface area (Å²) in [5, 5.41) is 3.57. The third-order valence-electron chi connectivity index (χ3n) is 4.50. The van der Waals surface area contributed by atoms with Gasteiger partial charge < -0.3 is 10.2 Å². The fourth-order valence-corrected chi connectivity index (χ4v) is 4.20. The number of amides is 2. The predicted octanol–water partition coefficient (Wildman–Crippen LogP) is 3.60. The minimum Gasteiger partial charge on any atom is -0.337 e. The molecule has 0 spiro atoms. The van der Waals surface area contributed by atoms with E-state index >= 15 is 0 Å². The summed E-state index contributed by atoms with van der Waals surface area (Å²) in [5.74, 6) is 1.83. The molecule has 3 rings (SSSR count). The molecule has 0 aliphatic carbocycles. The van der Waals surface area contributed by atoms with Crippen molar-refractivity contribution in [3.05, 3.63) is 64.7 Å². The Morgan fingerprint density at radius 1 is 1.14 bits per heavy atom. The quantitative estimate of drug-likeness (QED) is 0.780. The van der Waals surface area contributed by atoms with Crippen LogP contribution in [0.25, 0.3) is 0 Å². The molecule has 1 fully saturated rings. The van der Waals surface area contributed by atoms with Crippen LogP contribution in [0.2, 0.25) is 5.02 Å². The molecule has 0 aromatic heterocycles. The molecule has 5 nitrogen and oxygen atoms in total. The third-order valence-corrected chi connectivity index (χ3v) is 5.81. The highest BCUT2D eigenvalue weighted by atomic mass is 35.5. The normalized spacial score (nSPS) is 14.2. The average molecular weight is 418 g/mol. The van der Waals surface area contributed by atoms with E-state index in [0.717, 1.165) is 30.2 Å². The Kier molecular flexibility index (Phi) is 7.36. The number of halogens is 1. The number of carbonyl (C=O) groups excluding carboxylic acids is 2. The summed E-state index contributed by atoms with van der Waals surface area (Å²) >= 11 is 8.05. The number of nitrogens with one attached hydrogen (secondary N) is 1. The Bertz CT molecular complexity index is 840. The van der Waals surface area contributed by atoms with Crippen LogP contribution in [0.15, 0.2) is 48.5 Å². The van der Waals surface area contributed by atoms with Gasteiger partial charge in [0.1, 0.15) is 0 Å². The summed E-state index contributed by atoms with van der Waals surface area (Å²) in [6.45, 7) is 2.35. The first-order valence-electron chi connectivity index (χ1n) is 9.22. The maximum atomic E-state index is 12.6. The van der Waals surface area contributed by atoms with E-state index in [1.807, 2.05) is 52.9 Å². The molecule has 0 atom stereocenters. The van der Waals surface area contributed by atoms with E-state index in [1.54, 1.807) is 24.3 Å². The number of likely N-dealkylation sites (N-methyl/N-ethyl adjacent to an activating group) is 1. The van der Waals surface area contributed by atoms with Gasteiger partial charge in [0.05, 0.1) is 6.54 Å². The molecule has 1 heterocycles. The van der Waals surface area contributed by atoms with Gasteiger partial charge in [0.2, 0.25) is 5.91 Å². The van der Waals surface area contributed by atoms with Crippen molar-refractivity contribution in [3.8, 4) is 0 Å². The minimum atomic E-state index is -0.131. The summed E-state index contributed by atoms with van der Waals surface area (Å²) < 4.78 is 0. The monoisotopic (exact) mass is 417 g/mol. The van der Waals surface area contributed by atoms with E-state index in [-0.39, 0.29) is 18.4 Å². The zero-order valence-corrected chi connectivity index (χ0v) is 17.4. The molecule has 0 bridgehead atoms. The molecular weight excluding hydrogens is 394 g/mol. The van der Waals surface area contributed by atoms with Crippen LogP contribution in [0.4, 0.5) is 5.69 Å². The summed E-state index contributed by atoms with van der Waals surface area (Å²) in [5.41, 5.74) is 2.22. The first-order valence-corrected chi connectivity index (χ1v) is 10.7. The van der Waals surface area contributed by atoms with Gasteiger partial charge in [0, 0.05) is 47.4 Å². The Morgan fingerprint density at radius 3 is 2.64 bits per heavy atom. The lowest BCUT2D eigenvalue weighted by molar-refractivity contribution is -0.117. The van der Waals surface area contributed by atoms with Gasteiger partial charge in [0.25, 0.3) is 5.91 Å². The van der Waals surface area contributed by atoms with Gasteiger partial charge in [0.15, 0.2) is 0 Å². The molecule has 1 aliphatic heterocycles. The Morgan fingerprint density at radius 2 is 1.89 bits per heavy atom. The van der Waals surface area contributed by atoms with Crippen LogP contribution in [0.5, 0.6) is 0 Å². The number of carbonyl (C=O) groups is 2. The van der Waals surface area contributed by atoms with Crippen LogP contribution >= 0.6 is 23.4 Å². The smallest absolute Gasteiger partial charge is 0.253 e. The van der Waals surface area contributed by atoms with Gasteiger partial charge in [-0.15, -0.1) is 0 Å². The van der Waals surface area contributed by atoms with Crippen LogP contribution in [0.3, 0.4) is 0 Å². The van der Waals surface area contributed by atoms with Crippen molar-refractivity contribution >= 4 is 40.9 Å². The molecule has 148 valence electrons. The average Bonchev–Trinajstić information content (AvgIpc) is 2.70. The molecule has 2 amide bonds. The van der Waals surface area contributed by atoms with Crippen molar-refractivity contribution in [1.29, 1.82) is 0 Å². The fraction of sp³-hybridized carbons (Fsp3) is 0.333. The molecule has 1 saturated heterocycles. The van der Waals surface area contributed by atoms with Gasteiger partial charge in [-0.05, 0) is 36.9 Å². The van der Waals surface area contributed by atoms with Gasteiger partial charge in [-0.1, -0.05) is 35.9 Å². The first-order chi connectivity index (χ1) is 13.5. The topological polar surface area (TPSA) is 52.7 Å². The van der Waals surface area contributed by atoms with Crippen molar-refractivity contribution in [2.24, 2.45) is 0 Å². The van der Waals surface area contributed by atoms with Crippen molar-refractivity contribution in [2.75, 3.05) is 43.5 Å². The van der Waals surface area contributed by atoms with Crippen LogP contribution < -0.4 is 5.32 Å². The zero-order valence-electron chi connectivity index (χ0n) is 15.9. The van der Waals surface area contributed by atoms with Crippen LogP contribution in [-0.2, 0) is 11.3 Å². The zero-order chi connectivity index (χ0) is 19.9. The molecule has 7 heteroatoms. The number of rotatable bonds is 6. The maximum absolute atomic E-state index is 12.6. The second kappa shape index (κ2) is 9.96. The summed E-state index contributed by atoms with van der Waals surface area (Å²) in [7, 11) is 1.87. The highest BCUT2D eigenvalue weighted by Gasteiger charge is 2.19. The van der Waals surface area contributed by atoms with Crippen molar-refractivity contribution < 1.29 is 9.59 Å². The largest absolute Gasteiger partial charge is 0.337 e. The second-order valence-electron chi connectivity index (χ2n) is 6.80. The second-order valence-corrected chi connectivity index (χ2v) is 8.43. The lowest BCUT2D eigenvalue weighted by Crippen LogP contribution is -2.37.